The monoisotopic (exact) mass is 79.1 g/mol. The van der Waals surface area contributed by atoms with E-state index < -0.39 is 0 Å². The van der Waals surface area contributed by atoms with E-state index in [9.17, 15) is 0 Å². The molecular formula is C3H6LiNO. The molecule has 0 saturated heterocycles. The molecule has 6 heavy (non-hydrogen) atoms. The average Bonchev–Trinajstić information content (AvgIpc) is 1.38. The Bertz CT molecular complexity index is 48.8. The first kappa shape index (κ1) is 9.34. The van der Waals surface area contributed by atoms with E-state index in [2.05, 4.69) is 12.1 Å². The molecule has 0 aliphatic rings. The molecule has 0 aromatic carbocycles. The number of oxime groups is 1. The molecule has 3 heteroatoms. The van der Waals surface area contributed by atoms with Gasteiger partial charge in [0.1, 0.15) is 0 Å². The molecule has 0 atom stereocenters. The van der Waals surface area contributed by atoms with E-state index in [1.165, 1.54) is 0 Å². The summed E-state index contributed by atoms with van der Waals surface area (Å²) in [5.74, 6) is 0. The van der Waals surface area contributed by atoms with Crippen LogP contribution in [0.2, 0.25) is 0 Å². The van der Waals surface area contributed by atoms with E-state index in [4.69, 9.17) is 5.21 Å². The largest absolute Gasteiger partial charge is 1.00 e. The molecule has 0 aromatic rings. The van der Waals surface area contributed by atoms with Crippen molar-refractivity contribution >= 4 is 5.71 Å². The summed E-state index contributed by atoms with van der Waals surface area (Å²) in [4.78, 5) is 0. The second-order valence-corrected chi connectivity index (χ2v) is 0.835. The summed E-state index contributed by atoms with van der Waals surface area (Å²) in [5, 5.41) is 10.4. The fraction of sp³-hybridized carbons (Fsp3) is 0.333. The second-order valence-electron chi connectivity index (χ2n) is 0.835. The van der Waals surface area contributed by atoms with Gasteiger partial charge in [-0.25, -0.2) is 0 Å². The number of rotatable bonds is 0. The molecule has 1 N–H and O–H groups in total. The summed E-state index contributed by atoms with van der Waals surface area (Å²) in [6, 6.07) is 0. The fourth-order valence-electron chi connectivity index (χ4n) is 0. The first-order valence-electron chi connectivity index (χ1n) is 1.28. The van der Waals surface area contributed by atoms with Gasteiger partial charge in [-0.1, -0.05) is 12.6 Å². The zero-order valence-corrected chi connectivity index (χ0v) is 4.10. The van der Waals surface area contributed by atoms with Crippen LogP contribution in [0.5, 0.6) is 0 Å². The topological polar surface area (TPSA) is 32.6 Å². The molecule has 0 unspecified atom stereocenters. The summed E-state index contributed by atoms with van der Waals surface area (Å²) < 4.78 is 0. The Hall–Kier alpha value is -0.0626. The SMILES string of the molecule is [CH2-]/C(C)=N/O.[Li+]. The standard InChI is InChI=1S/C3H6NO.Li/c1-3(2)4-5;/h5H,1H2,2H3;/q-1;+1/b4-3-;. The molecular weight excluding hydrogens is 73.0 g/mol. The molecule has 0 saturated carbocycles. The van der Waals surface area contributed by atoms with Crippen molar-refractivity contribution in [2.75, 3.05) is 0 Å². The van der Waals surface area contributed by atoms with Crippen molar-refractivity contribution in [2.45, 2.75) is 6.92 Å². The molecule has 0 bridgehead atoms. The van der Waals surface area contributed by atoms with E-state index in [1.54, 1.807) is 6.92 Å². The van der Waals surface area contributed by atoms with E-state index >= 15 is 0 Å². The molecule has 0 spiro atoms. The molecule has 0 amide bonds. The van der Waals surface area contributed by atoms with Crippen LogP contribution in [0.25, 0.3) is 0 Å². The maximum absolute atomic E-state index is 7.67. The van der Waals surface area contributed by atoms with E-state index in [1.807, 2.05) is 0 Å². The van der Waals surface area contributed by atoms with Crippen molar-refractivity contribution in [3.63, 3.8) is 0 Å². The van der Waals surface area contributed by atoms with Gasteiger partial charge >= 0.3 is 18.9 Å². The molecule has 0 heterocycles. The van der Waals surface area contributed by atoms with Gasteiger partial charge in [0, 0.05) is 0 Å². The zero-order chi connectivity index (χ0) is 4.28. The van der Waals surface area contributed by atoms with Crippen molar-refractivity contribution in [1.29, 1.82) is 0 Å². The van der Waals surface area contributed by atoms with E-state index in [-0.39, 0.29) is 18.9 Å². The molecule has 0 radical (unpaired) electrons. The molecule has 0 rings (SSSR count). The van der Waals surface area contributed by atoms with Gasteiger partial charge < -0.3 is 12.1 Å². The average molecular weight is 79.0 g/mol. The van der Waals surface area contributed by atoms with E-state index in [0.717, 1.165) is 0 Å². The van der Waals surface area contributed by atoms with Gasteiger partial charge in [-0.3, -0.25) is 0 Å². The van der Waals surface area contributed by atoms with Gasteiger partial charge in [0.25, 0.3) is 0 Å². The van der Waals surface area contributed by atoms with Crippen molar-refractivity contribution in [2.24, 2.45) is 5.16 Å². The summed E-state index contributed by atoms with van der Waals surface area (Å²) in [7, 11) is 0. The second kappa shape index (κ2) is 4.94. The predicted octanol–water partition coefficient (Wildman–Crippen LogP) is -2.33. The van der Waals surface area contributed by atoms with Crippen LogP contribution in [0, 0.1) is 6.92 Å². The summed E-state index contributed by atoms with van der Waals surface area (Å²) >= 11 is 0. The van der Waals surface area contributed by atoms with Crippen molar-refractivity contribution in [1.82, 2.24) is 0 Å². The van der Waals surface area contributed by atoms with Gasteiger partial charge in [0.15, 0.2) is 0 Å². The van der Waals surface area contributed by atoms with Crippen molar-refractivity contribution in [3.05, 3.63) is 6.92 Å². The Morgan fingerprint density at radius 2 is 2.00 bits per heavy atom. The van der Waals surface area contributed by atoms with Crippen LogP contribution < -0.4 is 18.9 Å². The van der Waals surface area contributed by atoms with Gasteiger partial charge in [0.05, 0.1) is 0 Å². The minimum Gasteiger partial charge on any atom is -0.413 e. The van der Waals surface area contributed by atoms with Crippen LogP contribution in [0.4, 0.5) is 0 Å². The van der Waals surface area contributed by atoms with Crippen LogP contribution in [0.15, 0.2) is 5.16 Å². The Kier molecular flexibility index (Phi) is 7.68. The minimum atomic E-state index is 0. The molecule has 0 fully saturated rings. The third-order valence-corrected chi connectivity index (χ3v) is 0.171. The van der Waals surface area contributed by atoms with E-state index in [0.29, 0.717) is 5.71 Å². The first-order valence-corrected chi connectivity index (χ1v) is 1.28. The normalized spacial score (nSPS) is 9.83. The number of hydrogen-bond acceptors (Lipinski definition) is 2. The third kappa shape index (κ3) is 9.05. The van der Waals surface area contributed by atoms with Crippen molar-refractivity contribution in [3.8, 4) is 0 Å². The van der Waals surface area contributed by atoms with Gasteiger partial charge in [0.2, 0.25) is 0 Å². The quantitative estimate of drug-likeness (QED) is 0.114. The van der Waals surface area contributed by atoms with Gasteiger partial charge in [-0.2, -0.15) is 0 Å². The van der Waals surface area contributed by atoms with Crippen LogP contribution in [-0.4, -0.2) is 10.9 Å². The fourth-order valence-corrected chi connectivity index (χ4v) is 0. The molecule has 0 aromatic heterocycles. The van der Waals surface area contributed by atoms with Crippen LogP contribution >= 0.6 is 0 Å². The maximum Gasteiger partial charge on any atom is 1.00 e. The molecule has 2 nitrogen and oxygen atoms in total. The van der Waals surface area contributed by atoms with Gasteiger partial charge in [-0.05, 0) is 0 Å². The Labute approximate surface area is 49.4 Å². The molecule has 0 aliphatic heterocycles. The summed E-state index contributed by atoms with van der Waals surface area (Å²) in [6.45, 7) is 4.87. The predicted molar refractivity (Wildman–Crippen MR) is 20.3 cm³/mol. The molecule has 0 aliphatic carbocycles. The maximum atomic E-state index is 7.67. The smallest absolute Gasteiger partial charge is 0.413 e. The van der Waals surface area contributed by atoms with Gasteiger partial charge in [-0.15, -0.1) is 5.16 Å². The van der Waals surface area contributed by atoms with Crippen molar-refractivity contribution < 1.29 is 24.1 Å². The third-order valence-electron chi connectivity index (χ3n) is 0.171. The minimum absolute atomic E-state index is 0. The number of nitrogens with zero attached hydrogens (tertiary/aromatic N) is 1. The number of hydrogen-bond donors (Lipinski definition) is 1. The van der Waals surface area contributed by atoms with Crippen LogP contribution in [0.1, 0.15) is 6.92 Å². The first-order chi connectivity index (χ1) is 2.27. The van der Waals surface area contributed by atoms with Crippen LogP contribution in [-0.2, 0) is 0 Å². The Morgan fingerprint density at radius 1 is 1.83 bits per heavy atom. The summed E-state index contributed by atoms with van der Waals surface area (Å²) in [5.41, 5.74) is 0.435. The Morgan fingerprint density at radius 3 is 2.00 bits per heavy atom. The Balaban J connectivity index is 0. The molecule has 30 valence electrons. The summed E-state index contributed by atoms with van der Waals surface area (Å²) in [6.07, 6.45) is 0. The van der Waals surface area contributed by atoms with Crippen LogP contribution in [0.3, 0.4) is 0 Å². The zero-order valence-electron chi connectivity index (χ0n) is 4.10.